The quantitative estimate of drug-likeness (QED) is 0.482. The Kier molecular flexibility index (Phi) is 4.32. The molecule has 27 heavy (non-hydrogen) atoms. The summed E-state index contributed by atoms with van der Waals surface area (Å²) in [5.74, 6) is 1.20. The highest BCUT2D eigenvalue weighted by Gasteiger charge is 2.13. The minimum Gasteiger partial charge on any atom is -0.612 e. The van der Waals surface area contributed by atoms with E-state index in [0.29, 0.717) is 23.0 Å². The van der Waals surface area contributed by atoms with Crippen LogP contribution in [0.25, 0.3) is 11.4 Å². The number of para-hydroxylation sites is 2. The zero-order valence-corrected chi connectivity index (χ0v) is 14.2. The number of nitrogens with one attached hydrogen (secondary N) is 3. The molecule has 3 N–H and O–H groups in total. The van der Waals surface area contributed by atoms with Gasteiger partial charge in [0.25, 0.3) is 0 Å². The molecule has 0 amide bonds. The molecule has 0 fully saturated rings. The Morgan fingerprint density at radius 2 is 1.41 bits per heavy atom. The zero-order chi connectivity index (χ0) is 18.6. The van der Waals surface area contributed by atoms with Crippen molar-refractivity contribution in [2.75, 3.05) is 10.6 Å². The number of hydrogen-bond donors (Lipinski definition) is 3. The first-order valence-electron chi connectivity index (χ1n) is 8.35. The first-order chi connectivity index (χ1) is 13.2. The molecule has 1 aliphatic carbocycles. The molecule has 0 unspecified atom stereocenters. The third-order valence-corrected chi connectivity index (χ3v) is 4.00. The zero-order valence-electron chi connectivity index (χ0n) is 14.2. The summed E-state index contributed by atoms with van der Waals surface area (Å²) in [6.45, 7) is 0. The summed E-state index contributed by atoms with van der Waals surface area (Å²) in [4.78, 5) is 7.44. The molecule has 0 atom stereocenters. The van der Waals surface area contributed by atoms with E-state index in [1.165, 1.54) is 12.1 Å². The second kappa shape index (κ2) is 7.09. The lowest BCUT2D eigenvalue weighted by atomic mass is 10.2. The summed E-state index contributed by atoms with van der Waals surface area (Å²) < 4.78 is 0. The smallest absolute Gasteiger partial charge is 0.224 e. The number of aromatic amines is 1. The topological polar surface area (TPSA) is 102 Å². The van der Waals surface area contributed by atoms with E-state index in [1.807, 2.05) is 60.7 Å². The fourth-order valence-electron chi connectivity index (χ4n) is 2.71. The van der Waals surface area contributed by atoms with Gasteiger partial charge in [-0.15, -0.1) is 0 Å². The Bertz CT molecular complexity index is 1090. The molecule has 0 bridgehead atoms. The average Bonchev–Trinajstić information content (AvgIpc) is 2.69. The van der Waals surface area contributed by atoms with Gasteiger partial charge in [-0.25, -0.2) is 4.98 Å². The van der Waals surface area contributed by atoms with Crippen LogP contribution >= 0.6 is 0 Å². The van der Waals surface area contributed by atoms with Crippen molar-refractivity contribution < 1.29 is 0 Å². The van der Waals surface area contributed by atoms with E-state index >= 15 is 0 Å². The average molecular weight is 358 g/mol. The van der Waals surface area contributed by atoms with Gasteiger partial charge in [-0.1, -0.05) is 36.4 Å². The van der Waals surface area contributed by atoms with Crippen molar-refractivity contribution in [3.05, 3.63) is 94.6 Å². The lowest BCUT2D eigenvalue weighted by Crippen LogP contribution is -2.19. The van der Waals surface area contributed by atoms with E-state index in [4.69, 9.17) is 0 Å². The molecule has 0 saturated carbocycles. The van der Waals surface area contributed by atoms with Gasteiger partial charge in [0.2, 0.25) is 5.36 Å². The highest BCUT2D eigenvalue weighted by atomic mass is 16.8. The van der Waals surface area contributed by atoms with Crippen molar-refractivity contribution in [2.24, 2.45) is 0 Å². The molecule has 0 spiro atoms. The molecular formula is C20H16N5O2-. The highest BCUT2D eigenvalue weighted by Crippen LogP contribution is 2.29. The van der Waals surface area contributed by atoms with Crippen LogP contribution in [0.2, 0.25) is 0 Å². The van der Waals surface area contributed by atoms with Gasteiger partial charge < -0.3 is 26.0 Å². The summed E-state index contributed by atoms with van der Waals surface area (Å²) in [6, 6.07) is 23.9. The number of anilines is 4. The first kappa shape index (κ1) is 16.5. The summed E-state index contributed by atoms with van der Waals surface area (Å²) in [5.41, 5.74) is 2.95. The number of hydrogen-bond acceptors (Lipinski definition) is 5. The van der Waals surface area contributed by atoms with Crippen LogP contribution in [0.5, 0.6) is 0 Å². The fourth-order valence-corrected chi connectivity index (χ4v) is 2.71. The molecule has 0 radical (unpaired) electrons. The molecule has 1 aliphatic heterocycles. The van der Waals surface area contributed by atoms with Gasteiger partial charge in [0.15, 0.2) is 11.6 Å². The predicted molar refractivity (Wildman–Crippen MR) is 107 cm³/mol. The minimum absolute atomic E-state index is 0.00924. The third kappa shape index (κ3) is 3.67. The van der Waals surface area contributed by atoms with Crippen LogP contribution in [0.3, 0.4) is 0 Å². The van der Waals surface area contributed by atoms with E-state index in [-0.39, 0.29) is 5.36 Å². The van der Waals surface area contributed by atoms with E-state index < -0.39 is 4.90 Å². The third-order valence-electron chi connectivity index (χ3n) is 4.00. The summed E-state index contributed by atoms with van der Waals surface area (Å²) >= 11 is 0. The summed E-state index contributed by atoms with van der Waals surface area (Å²) in [6.07, 6.45) is 0. The molecule has 2 aromatic rings. The van der Waals surface area contributed by atoms with Crippen LogP contribution in [0.1, 0.15) is 0 Å². The number of nitrogens with zero attached hydrogens (tertiary/aromatic N) is 2. The molecule has 2 aliphatic rings. The van der Waals surface area contributed by atoms with Gasteiger partial charge >= 0.3 is 0 Å². The monoisotopic (exact) mass is 358 g/mol. The number of benzene rings is 3. The maximum absolute atomic E-state index is 11.1. The molecule has 0 saturated heterocycles. The molecule has 7 nitrogen and oxygen atoms in total. The summed E-state index contributed by atoms with van der Waals surface area (Å²) in [7, 11) is 0. The molecule has 4 rings (SSSR count). The number of rotatable bonds is 4. The lowest BCUT2D eigenvalue weighted by molar-refractivity contribution is 0.965. The van der Waals surface area contributed by atoms with Crippen LogP contribution in [0.4, 0.5) is 23.0 Å². The molecule has 7 heteroatoms. The van der Waals surface area contributed by atoms with Crippen LogP contribution in [-0.4, -0.2) is 9.97 Å². The molecule has 134 valence electrons. The Labute approximate surface area is 155 Å². The number of fused-ring (bicyclic) bond motifs is 1. The van der Waals surface area contributed by atoms with Crippen molar-refractivity contribution >= 4 is 23.0 Å². The van der Waals surface area contributed by atoms with Gasteiger partial charge in [-0.2, -0.15) is 4.90 Å². The molecular weight excluding hydrogens is 342 g/mol. The van der Waals surface area contributed by atoms with Gasteiger partial charge in [-0.05, 0) is 30.3 Å². The standard InChI is InChI=1S/C20H16N5O2/c26-25(27)16-11-12-17-18(13-16)24-20(22-15-9-5-2-6-10-15)19(23-17)21-14-7-3-1-4-8-14/h1-13,21-22,24H/q-1. The maximum atomic E-state index is 11.1. The Morgan fingerprint density at radius 3 is 2.04 bits per heavy atom. The van der Waals surface area contributed by atoms with Crippen LogP contribution < -0.4 is 20.9 Å². The number of H-pyrrole nitrogens is 1. The van der Waals surface area contributed by atoms with Gasteiger partial charge in [0.05, 0.1) is 11.4 Å². The number of aromatic nitrogens is 2. The minimum atomic E-state index is -0.423. The van der Waals surface area contributed by atoms with E-state index in [2.05, 4.69) is 20.6 Å². The Hall–Kier alpha value is -4.00. The van der Waals surface area contributed by atoms with E-state index in [0.717, 1.165) is 11.4 Å². The maximum Gasteiger partial charge on any atom is 0.224 e. The fraction of sp³-hybridized carbons (Fsp3) is 0. The SMILES string of the molecule is [O-][N+]([O-])=c1ccc2nc(Nc3ccccc3)c(Nc3ccccc3)[nH]c-2c1. The molecule has 2 aromatic carbocycles. The van der Waals surface area contributed by atoms with Crippen LogP contribution in [0, 0.1) is 10.4 Å². The second-order valence-electron chi connectivity index (χ2n) is 5.90. The van der Waals surface area contributed by atoms with Crippen molar-refractivity contribution in [1.29, 1.82) is 0 Å². The van der Waals surface area contributed by atoms with Crippen molar-refractivity contribution in [1.82, 2.24) is 14.9 Å². The van der Waals surface area contributed by atoms with Crippen molar-refractivity contribution in [3.8, 4) is 11.4 Å². The molecule has 0 aromatic heterocycles. The van der Waals surface area contributed by atoms with E-state index in [1.54, 1.807) is 6.07 Å². The Balaban J connectivity index is 1.83. The first-order valence-corrected chi connectivity index (χ1v) is 8.35. The highest BCUT2D eigenvalue weighted by molar-refractivity contribution is 5.76. The van der Waals surface area contributed by atoms with Gasteiger partial charge in [0.1, 0.15) is 0 Å². The lowest BCUT2D eigenvalue weighted by Gasteiger charge is -2.17. The van der Waals surface area contributed by atoms with Crippen molar-refractivity contribution in [3.63, 3.8) is 0 Å². The second-order valence-corrected chi connectivity index (χ2v) is 5.90. The van der Waals surface area contributed by atoms with Gasteiger partial charge in [0, 0.05) is 23.5 Å². The normalized spacial score (nSPS) is 10.5. The van der Waals surface area contributed by atoms with Crippen molar-refractivity contribution in [2.45, 2.75) is 0 Å². The molecule has 1 heterocycles. The predicted octanol–water partition coefficient (Wildman–Crippen LogP) is 3.77. The van der Waals surface area contributed by atoms with Crippen LogP contribution in [0.15, 0.2) is 78.9 Å². The van der Waals surface area contributed by atoms with Crippen LogP contribution in [-0.2, 0) is 0 Å². The van der Waals surface area contributed by atoms with Gasteiger partial charge in [-0.3, -0.25) is 0 Å². The Morgan fingerprint density at radius 1 is 0.778 bits per heavy atom. The van der Waals surface area contributed by atoms with E-state index in [9.17, 15) is 10.4 Å². The summed E-state index contributed by atoms with van der Waals surface area (Å²) in [5, 5.41) is 28.7. The largest absolute Gasteiger partial charge is 0.612 e.